The largest absolute Gasteiger partial charge is 0.340 e. The van der Waals surface area contributed by atoms with Crippen molar-refractivity contribution in [3.63, 3.8) is 0 Å². The normalized spacial score (nSPS) is 21.5. The zero-order valence-electron chi connectivity index (χ0n) is 12.9. The molecule has 0 spiro atoms. The Hall–Kier alpha value is -0.440. The Morgan fingerprint density at radius 1 is 1.09 bits per heavy atom. The Balaban J connectivity index is 1.60. The van der Waals surface area contributed by atoms with Crippen molar-refractivity contribution in [1.29, 1.82) is 0 Å². The molecule has 0 aromatic carbocycles. The lowest BCUT2D eigenvalue weighted by Gasteiger charge is -2.36. The summed E-state index contributed by atoms with van der Waals surface area (Å²) in [4.78, 5) is 14.4. The highest BCUT2D eigenvalue weighted by molar-refractivity contribution is 9.11. The van der Waals surface area contributed by atoms with E-state index in [9.17, 15) is 13.2 Å². The van der Waals surface area contributed by atoms with Crippen LogP contribution in [0, 0.1) is 5.92 Å². The molecule has 128 valence electrons. The van der Waals surface area contributed by atoms with Crippen molar-refractivity contribution in [1.82, 2.24) is 9.21 Å². The van der Waals surface area contributed by atoms with Gasteiger partial charge in [0.1, 0.15) is 4.21 Å². The summed E-state index contributed by atoms with van der Waals surface area (Å²) in [6.07, 6.45) is 5.48. The van der Waals surface area contributed by atoms with Crippen molar-refractivity contribution in [2.75, 3.05) is 26.2 Å². The summed E-state index contributed by atoms with van der Waals surface area (Å²) >= 11 is 4.53. The van der Waals surface area contributed by atoms with Crippen LogP contribution in [0.3, 0.4) is 0 Å². The molecule has 1 saturated heterocycles. The van der Waals surface area contributed by atoms with E-state index in [1.807, 2.05) is 4.90 Å². The van der Waals surface area contributed by atoms with Gasteiger partial charge in [0.25, 0.3) is 10.0 Å². The van der Waals surface area contributed by atoms with Crippen molar-refractivity contribution in [3.05, 3.63) is 15.9 Å². The monoisotopic (exact) mass is 420 g/mol. The van der Waals surface area contributed by atoms with Crippen LogP contribution in [-0.4, -0.2) is 49.7 Å². The van der Waals surface area contributed by atoms with E-state index in [0.29, 0.717) is 30.4 Å². The molecule has 2 aliphatic rings. The molecule has 5 nitrogen and oxygen atoms in total. The highest BCUT2D eigenvalue weighted by Crippen LogP contribution is 2.30. The zero-order valence-corrected chi connectivity index (χ0v) is 16.1. The number of hydrogen-bond acceptors (Lipinski definition) is 4. The van der Waals surface area contributed by atoms with Crippen molar-refractivity contribution < 1.29 is 13.2 Å². The summed E-state index contributed by atoms with van der Waals surface area (Å²) in [5.74, 6) is 0.376. The molecule has 1 aliphatic heterocycles. The molecule has 8 heteroatoms. The molecule has 0 unspecified atom stereocenters. The Morgan fingerprint density at radius 3 is 2.30 bits per heavy atom. The first-order valence-electron chi connectivity index (χ1n) is 8.03. The highest BCUT2D eigenvalue weighted by Gasteiger charge is 2.33. The van der Waals surface area contributed by atoms with E-state index in [1.54, 1.807) is 12.1 Å². The molecular formula is C15H21BrN2O3S2. The Kier molecular flexibility index (Phi) is 5.45. The van der Waals surface area contributed by atoms with Gasteiger partial charge in [-0.05, 0) is 40.9 Å². The number of rotatable bonds is 3. The van der Waals surface area contributed by atoms with Crippen LogP contribution in [0.2, 0.25) is 0 Å². The summed E-state index contributed by atoms with van der Waals surface area (Å²) in [5.41, 5.74) is 0. The lowest BCUT2D eigenvalue weighted by Crippen LogP contribution is -2.51. The number of halogens is 1. The number of carbonyl (C=O) groups is 1. The molecule has 0 radical (unpaired) electrons. The van der Waals surface area contributed by atoms with E-state index < -0.39 is 10.0 Å². The SMILES string of the molecule is O=C(C1CCCCC1)N1CCN(S(=O)(=O)c2ccc(Br)s2)CC1. The van der Waals surface area contributed by atoms with E-state index in [-0.39, 0.29) is 11.8 Å². The second-order valence-electron chi connectivity index (χ2n) is 6.12. The van der Waals surface area contributed by atoms with Crippen molar-refractivity contribution in [2.24, 2.45) is 5.92 Å². The maximum atomic E-state index is 12.6. The van der Waals surface area contributed by atoms with Gasteiger partial charge in [-0.3, -0.25) is 4.79 Å². The predicted octanol–water partition coefficient (Wildman–Crippen LogP) is 2.92. The number of piperazine rings is 1. The number of thiophene rings is 1. The fourth-order valence-electron chi connectivity index (χ4n) is 3.32. The number of nitrogens with zero attached hydrogens (tertiary/aromatic N) is 2. The number of amides is 1. The van der Waals surface area contributed by atoms with Gasteiger partial charge in [-0.2, -0.15) is 4.31 Å². The summed E-state index contributed by atoms with van der Waals surface area (Å²) in [6.45, 7) is 1.77. The van der Waals surface area contributed by atoms with Crippen molar-refractivity contribution in [2.45, 2.75) is 36.3 Å². The average molecular weight is 421 g/mol. The summed E-state index contributed by atoms with van der Waals surface area (Å²) < 4.78 is 27.8. The van der Waals surface area contributed by atoms with Gasteiger partial charge < -0.3 is 4.90 Å². The number of sulfonamides is 1. The van der Waals surface area contributed by atoms with E-state index >= 15 is 0 Å². The third kappa shape index (κ3) is 3.81. The van der Waals surface area contributed by atoms with E-state index in [2.05, 4.69) is 15.9 Å². The maximum Gasteiger partial charge on any atom is 0.252 e. The van der Waals surface area contributed by atoms with E-state index in [1.165, 1.54) is 22.1 Å². The molecule has 3 rings (SSSR count). The minimum atomic E-state index is -3.43. The quantitative estimate of drug-likeness (QED) is 0.754. The van der Waals surface area contributed by atoms with Gasteiger partial charge >= 0.3 is 0 Å². The van der Waals surface area contributed by atoms with Crippen molar-refractivity contribution >= 4 is 43.2 Å². The van der Waals surface area contributed by atoms with Crippen LogP contribution >= 0.6 is 27.3 Å². The van der Waals surface area contributed by atoms with Gasteiger partial charge in [0.15, 0.2) is 0 Å². The minimum Gasteiger partial charge on any atom is -0.340 e. The molecule has 1 aromatic rings. The molecule has 23 heavy (non-hydrogen) atoms. The van der Waals surface area contributed by atoms with Crippen LogP contribution < -0.4 is 0 Å². The van der Waals surface area contributed by atoms with Gasteiger partial charge in [0.05, 0.1) is 3.79 Å². The summed E-state index contributed by atoms with van der Waals surface area (Å²) in [7, 11) is -3.43. The summed E-state index contributed by atoms with van der Waals surface area (Å²) in [5, 5.41) is 0. The third-order valence-electron chi connectivity index (χ3n) is 4.65. The van der Waals surface area contributed by atoms with Crippen LogP contribution in [0.5, 0.6) is 0 Å². The second-order valence-corrected chi connectivity index (χ2v) is 10.8. The van der Waals surface area contributed by atoms with Crippen LogP contribution in [-0.2, 0) is 14.8 Å². The second kappa shape index (κ2) is 7.21. The van der Waals surface area contributed by atoms with Gasteiger partial charge in [-0.25, -0.2) is 8.42 Å². The maximum absolute atomic E-state index is 12.6. The summed E-state index contributed by atoms with van der Waals surface area (Å²) in [6, 6.07) is 3.38. The standard InChI is InChI=1S/C15H21BrN2O3S2/c16-13-6-7-14(22-13)23(20,21)18-10-8-17(9-11-18)15(19)12-4-2-1-3-5-12/h6-7,12H,1-5,8-11H2. The van der Waals surface area contributed by atoms with Crippen LogP contribution in [0.15, 0.2) is 20.1 Å². The topological polar surface area (TPSA) is 57.7 Å². The molecule has 0 N–H and O–H groups in total. The van der Waals surface area contributed by atoms with E-state index in [4.69, 9.17) is 0 Å². The molecule has 2 fully saturated rings. The lowest BCUT2D eigenvalue weighted by molar-refractivity contribution is -0.137. The molecule has 1 saturated carbocycles. The van der Waals surface area contributed by atoms with Gasteiger partial charge in [0, 0.05) is 32.1 Å². The molecule has 0 atom stereocenters. The zero-order chi connectivity index (χ0) is 16.4. The fraction of sp³-hybridized carbons (Fsp3) is 0.667. The number of hydrogen-bond donors (Lipinski definition) is 0. The Morgan fingerprint density at radius 2 is 1.74 bits per heavy atom. The van der Waals surface area contributed by atoms with Gasteiger partial charge in [-0.15, -0.1) is 11.3 Å². The molecule has 0 bridgehead atoms. The Bertz CT molecular complexity index is 660. The first kappa shape index (κ1) is 17.4. The lowest BCUT2D eigenvalue weighted by atomic mass is 9.88. The number of carbonyl (C=O) groups excluding carboxylic acids is 1. The molecule has 1 aromatic heterocycles. The first-order valence-corrected chi connectivity index (χ1v) is 11.1. The van der Waals surface area contributed by atoms with Crippen LogP contribution in [0.4, 0.5) is 0 Å². The molecular weight excluding hydrogens is 400 g/mol. The van der Waals surface area contributed by atoms with E-state index in [0.717, 1.165) is 29.5 Å². The fourth-order valence-corrected chi connectivity index (χ4v) is 6.91. The van der Waals surface area contributed by atoms with Gasteiger partial charge in [0.2, 0.25) is 5.91 Å². The smallest absolute Gasteiger partial charge is 0.252 e. The first-order chi connectivity index (χ1) is 11.0. The average Bonchev–Trinajstić information content (AvgIpc) is 3.02. The van der Waals surface area contributed by atoms with Crippen molar-refractivity contribution in [3.8, 4) is 0 Å². The molecule has 1 amide bonds. The highest BCUT2D eigenvalue weighted by atomic mass is 79.9. The van der Waals surface area contributed by atoms with Gasteiger partial charge in [-0.1, -0.05) is 19.3 Å². The molecule has 1 aliphatic carbocycles. The Labute approximate surface area is 149 Å². The third-order valence-corrected chi connectivity index (χ3v) is 8.64. The van der Waals surface area contributed by atoms with Crippen LogP contribution in [0.1, 0.15) is 32.1 Å². The predicted molar refractivity (Wildman–Crippen MR) is 93.9 cm³/mol. The van der Waals surface area contributed by atoms with Crippen LogP contribution in [0.25, 0.3) is 0 Å². The molecule has 2 heterocycles. The minimum absolute atomic E-state index is 0.153.